The Morgan fingerprint density at radius 2 is 2.20 bits per heavy atom. The molecule has 1 unspecified atom stereocenters. The second kappa shape index (κ2) is 5.18. The summed E-state index contributed by atoms with van der Waals surface area (Å²) in [6.45, 7) is -1.38. The van der Waals surface area contributed by atoms with Gasteiger partial charge in [0, 0.05) is 6.04 Å². The molecular weight excluding hydrogens is 211 g/mol. The number of nitrogens with two attached hydrogens (primary N) is 1. The zero-order valence-electron chi connectivity index (χ0n) is 7.96. The van der Waals surface area contributed by atoms with Crippen LogP contribution in [0.25, 0.3) is 0 Å². The third kappa shape index (κ3) is 5.44. The number of hydrogen-bond donors (Lipinski definition) is 1. The van der Waals surface area contributed by atoms with Crippen LogP contribution < -0.4 is 5.73 Å². The van der Waals surface area contributed by atoms with Gasteiger partial charge in [-0.15, -0.1) is 0 Å². The first-order chi connectivity index (χ1) is 6.97. The molecule has 1 heterocycles. The fraction of sp³-hybridized carbons (Fsp3) is 0.556. The van der Waals surface area contributed by atoms with Crippen LogP contribution in [0.5, 0.6) is 0 Å². The average Bonchev–Trinajstić information content (AvgIpc) is 2.54. The highest BCUT2D eigenvalue weighted by Crippen LogP contribution is 2.14. The van der Waals surface area contributed by atoms with Crippen molar-refractivity contribution in [3.05, 3.63) is 24.2 Å². The van der Waals surface area contributed by atoms with Gasteiger partial charge >= 0.3 is 6.18 Å². The maximum Gasteiger partial charge on any atom is 0.411 e. The molecule has 0 spiro atoms. The van der Waals surface area contributed by atoms with E-state index in [4.69, 9.17) is 10.2 Å². The van der Waals surface area contributed by atoms with Crippen molar-refractivity contribution in [3.63, 3.8) is 0 Å². The van der Waals surface area contributed by atoms with Crippen LogP contribution in [0.15, 0.2) is 23.0 Å². The average molecular weight is 223 g/mol. The van der Waals surface area contributed by atoms with E-state index in [9.17, 15) is 13.2 Å². The van der Waals surface area contributed by atoms with Crippen molar-refractivity contribution in [2.45, 2.75) is 18.6 Å². The van der Waals surface area contributed by atoms with Crippen LogP contribution in [0.3, 0.4) is 0 Å². The highest BCUT2D eigenvalue weighted by molar-refractivity contribution is 5.06. The predicted octanol–water partition coefficient (Wildman–Crippen LogP) is 1.73. The number of halogens is 3. The quantitative estimate of drug-likeness (QED) is 0.826. The van der Waals surface area contributed by atoms with Crippen molar-refractivity contribution in [2.24, 2.45) is 5.73 Å². The number of hydrogen-bond acceptors (Lipinski definition) is 3. The molecule has 0 saturated heterocycles. The van der Waals surface area contributed by atoms with Crippen molar-refractivity contribution in [1.29, 1.82) is 0 Å². The molecule has 6 heteroatoms. The van der Waals surface area contributed by atoms with Crippen LogP contribution >= 0.6 is 0 Å². The molecule has 0 saturated carbocycles. The van der Waals surface area contributed by atoms with E-state index in [1.165, 1.54) is 12.5 Å². The lowest BCUT2D eigenvalue weighted by Gasteiger charge is -2.12. The van der Waals surface area contributed by atoms with Crippen molar-refractivity contribution >= 4 is 0 Å². The van der Waals surface area contributed by atoms with Gasteiger partial charge in [-0.25, -0.2) is 0 Å². The minimum atomic E-state index is -4.30. The van der Waals surface area contributed by atoms with E-state index < -0.39 is 18.8 Å². The van der Waals surface area contributed by atoms with E-state index in [-0.39, 0.29) is 6.61 Å². The van der Waals surface area contributed by atoms with Gasteiger partial charge in [-0.3, -0.25) is 0 Å². The molecule has 0 fully saturated rings. The maximum absolute atomic E-state index is 11.7. The van der Waals surface area contributed by atoms with Gasteiger partial charge in [0.2, 0.25) is 0 Å². The van der Waals surface area contributed by atoms with Crippen LogP contribution in [-0.2, 0) is 11.2 Å². The van der Waals surface area contributed by atoms with E-state index >= 15 is 0 Å². The van der Waals surface area contributed by atoms with Crippen LogP contribution in [0, 0.1) is 0 Å². The van der Waals surface area contributed by atoms with Crippen LogP contribution in [0.4, 0.5) is 13.2 Å². The fourth-order valence-electron chi connectivity index (χ4n) is 1.10. The molecule has 2 N–H and O–H groups in total. The molecule has 0 amide bonds. The van der Waals surface area contributed by atoms with Gasteiger partial charge in [0.1, 0.15) is 6.61 Å². The molecule has 0 aliphatic carbocycles. The van der Waals surface area contributed by atoms with Gasteiger partial charge < -0.3 is 14.9 Å². The van der Waals surface area contributed by atoms with Crippen molar-refractivity contribution in [3.8, 4) is 0 Å². The molecule has 0 bridgehead atoms. The Morgan fingerprint density at radius 3 is 2.73 bits per heavy atom. The van der Waals surface area contributed by atoms with Crippen molar-refractivity contribution in [1.82, 2.24) is 0 Å². The largest absolute Gasteiger partial charge is 0.472 e. The molecule has 1 aromatic rings. The van der Waals surface area contributed by atoms with E-state index in [2.05, 4.69) is 4.74 Å². The number of rotatable bonds is 5. The monoisotopic (exact) mass is 223 g/mol. The van der Waals surface area contributed by atoms with Crippen molar-refractivity contribution < 1.29 is 22.3 Å². The van der Waals surface area contributed by atoms with Gasteiger partial charge in [0.15, 0.2) is 0 Å². The summed E-state index contributed by atoms with van der Waals surface area (Å²) in [5.41, 5.74) is 6.41. The molecule has 0 radical (unpaired) electrons. The Hall–Kier alpha value is -1.01. The molecule has 15 heavy (non-hydrogen) atoms. The molecule has 1 atom stereocenters. The zero-order chi connectivity index (χ0) is 11.3. The Bertz CT molecular complexity index is 271. The summed E-state index contributed by atoms with van der Waals surface area (Å²) in [5.74, 6) is 0. The van der Waals surface area contributed by atoms with E-state index in [1.54, 1.807) is 6.07 Å². The van der Waals surface area contributed by atoms with E-state index in [0.717, 1.165) is 5.56 Å². The Morgan fingerprint density at radius 1 is 1.47 bits per heavy atom. The summed E-state index contributed by atoms with van der Waals surface area (Å²) in [7, 11) is 0. The summed E-state index contributed by atoms with van der Waals surface area (Å²) in [6, 6.07) is 1.26. The molecule has 1 aromatic heterocycles. The molecule has 86 valence electrons. The smallest absolute Gasteiger partial charge is 0.411 e. The van der Waals surface area contributed by atoms with E-state index in [0.29, 0.717) is 6.42 Å². The lowest BCUT2D eigenvalue weighted by molar-refractivity contribution is -0.174. The number of furan rings is 1. The topological polar surface area (TPSA) is 48.4 Å². The summed E-state index contributed by atoms with van der Waals surface area (Å²) in [6.07, 6.45) is -0.869. The molecule has 1 rings (SSSR count). The minimum Gasteiger partial charge on any atom is -0.472 e. The summed E-state index contributed by atoms with van der Waals surface area (Å²) in [4.78, 5) is 0. The Balaban J connectivity index is 2.17. The molecular formula is C9H12F3NO2. The second-order valence-electron chi connectivity index (χ2n) is 3.23. The third-order valence-electron chi connectivity index (χ3n) is 1.68. The summed E-state index contributed by atoms with van der Waals surface area (Å²) < 4.78 is 44.3. The van der Waals surface area contributed by atoms with Crippen LogP contribution in [-0.4, -0.2) is 25.4 Å². The van der Waals surface area contributed by atoms with Crippen LogP contribution in [0.1, 0.15) is 5.56 Å². The summed E-state index contributed by atoms with van der Waals surface area (Å²) in [5, 5.41) is 0. The Kier molecular flexibility index (Phi) is 4.16. The lowest BCUT2D eigenvalue weighted by Crippen LogP contribution is -2.30. The first-order valence-electron chi connectivity index (χ1n) is 4.38. The highest BCUT2D eigenvalue weighted by Gasteiger charge is 2.27. The molecule has 0 aliphatic heterocycles. The number of ether oxygens (including phenoxy) is 1. The number of alkyl halides is 3. The standard InChI is InChI=1S/C9H12F3NO2/c10-9(11,12)6-15-5-8(13)3-7-1-2-14-4-7/h1-2,4,8H,3,5-6,13H2. The van der Waals surface area contributed by atoms with Gasteiger partial charge in [-0.1, -0.05) is 0 Å². The molecule has 0 aromatic carbocycles. The fourth-order valence-corrected chi connectivity index (χ4v) is 1.10. The Labute approximate surface area is 85.0 Å². The van der Waals surface area contributed by atoms with Crippen molar-refractivity contribution in [2.75, 3.05) is 13.2 Å². The minimum absolute atomic E-state index is 0.120. The first-order valence-corrected chi connectivity index (χ1v) is 4.38. The normalized spacial score (nSPS) is 14.1. The molecule has 0 aliphatic rings. The van der Waals surface area contributed by atoms with E-state index in [1.807, 2.05) is 0 Å². The van der Waals surface area contributed by atoms with Gasteiger partial charge in [-0.2, -0.15) is 13.2 Å². The zero-order valence-corrected chi connectivity index (χ0v) is 7.96. The summed E-state index contributed by atoms with van der Waals surface area (Å²) >= 11 is 0. The van der Waals surface area contributed by atoms with Gasteiger partial charge in [0.25, 0.3) is 0 Å². The van der Waals surface area contributed by atoms with Gasteiger partial charge in [0.05, 0.1) is 19.1 Å². The third-order valence-corrected chi connectivity index (χ3v) is 1.68. The van der Waals surface area contributed by atoms with Gasteiger partial charge in [-0.05, 0) is 18.1 Å². The SMILES string of the molecule is NC(COCC(F)(F)F)Cc1ccoc1. The van der Waals surface area contributed by atoms with Crippen LogP contribution in [0.2, 0.25) is 0 Å². The lowest BCUT2D eigenvalue weighted by atomic mass is 10.1. The first kappa shape index (κ1) is 12.1. The maximum atomic E-state index is 11.7. The predicted molar refractivity (Wildman–Crippen MR) is 47.3 cm³/mol. The second-order valence-corrected chi connectivity index (χ2v) is 3.23. The highest BCUT2D eigenvalue weighted by atomic mass is 19.4. The molecule has 3 nitrogen and oxygen atoms in total.